The van der Waals surface area contributed by atoms with E-state index in [1.165, 1.54) is 0 Å². The summed E-state index contributed by atoms with van der Waals surface area (Å²) in [6.45, 7) is 5.90. The summed E-state index contributed by atoms with van der Waals surface area (Å²) in [5.74, 6) is -0.192. The zero-order valence-corrected chi connectivity index (χ0v) is 11.6. The van der Waals surface area contributed by atoms with Gasteiger partial charge >= 0.3 is 0 Å². The summed E-state index contributed by atoms with van der Waals surface area (Å²) >= 11 is 5.91. The van der Waals surface area contributed by atoms with Crippen LogP contribution in [0.3, 0.4) is 0 Å². The van der Waals surface area contributed by atoms with Gasteiger partial charge in [0.05, 0.1) is 5.56 Å². The molecule has 1 rings (SSSR count). The quantitative estimate of drug-likeness (QED) is 0.612. The van der Waals surface area contributed by atoms with Gasteiger partial charge in [-0.25, -0.2) is 4.98 Å². The minimum absolute atomic E-state index is 0.192. The Balaban J connectivity index is 2.32. The normalized spacial score (nSPS) is 10.4. The van der Waals surface area contributed by atoms with Crippen molar-refractivity contribution >= 4 is 17.5 Å². The van der Waals surface area contributed by atoms with Crippen LogP contribution in [0.5, 0.6) is 0 Å². The first-order valence-electron chi connectivity index (χ1n) is 6.14. The lowest BCUT2D eigenvalue weighted by molar-refractivity contribution is 0.0941. The van der Waals surface area contributed by atoms with Crippen molar-refractivity contribution < 1.29 is 9.53 Å². The van der Waals surface area contributed by atoms with Gasteiger partial charge in [-0.3, -0.25) is 4.79 Å². The number of aryl methyl sites for hydroxylation is 1. The van der Waals surface area contributed by atoms with E-state index in [1.54, 1.807) is 12.1 Å². The Morgan fingerprint density at radius 3 is 2.89 bits per heavy atom. The third-order valence-electron chi connectivity index (χ3n) is 2.33. The molecule has 0 spiro atoms. The maximum Gasteiger partial charge on any atom is 0.254 e. The van der Waals surface area contributed by atoms with E-state index in [0.717, 1.165) is 25.1 Å². The van der Waals surface area contributed by atoms with Crippen LogP contribution in [0.1, 0.15) is 35.8 Å². The third-order valence-corrected chi connectivity index (χ3v) is 2.62. The lowest BCUT2D eigenvalue weighted by atomic mass is 10.2. The van der Waals surface area contributed by atoms with Crippen LogP contribution < -0.4 is 5.32 Å². The number of carbonyl (C=O) groups excluding carboxylic acids is 1. The van der Waals surface area contributed by atoms with Gasteiger partial charge < -0.3 is 10.1 Å². The van der Waals surface area contributed by atoms with E-state index in [1.807, 2.05) is 6.92 Å². The third kappa shape index (κ3) is 5.02. The number of rotatable bonds is 7. The minimum atomic E-state index is -0.192. The molecule has 18 heavy (non-hydrogen) atoms. The summed E-state index contributed by atoms with van der Waals surface area (Å²) in [5.41, 5.74) is 1.21. The number of carbonyl (C=O) groups is 1. The molecule has 0 saturated heterocycles. The summed E-state index contributed by atoms with van der Waals surface area (Å²) in [5, 5.41) is 3.04. The van der Waals surface area contributed by atoms with Crippen LogP contribution in [0.2, 0.25) is 5.15 Å². The van der Waals surface area contributed by atoms with Gasteiger partial charge in [-0.1, -0.05) is 18.5 Å². The number of halogens is 1. The molecule has 0 unspecified atom stereocenters. The van der Waals surface area contributed by atoms with E-state index in [4.69, 9.17) is 16.3 Å². The van der Waals surface area contributed by atoms with Crippen molar-refractivity contribution in [3.63, 3.8) is 0 Å². The number of amides is 1. The average molecular weight is 271 g/mol. The number of pyridine rings is 1. The average Bonchev–Trinajstić information content (AvgIpc) is 2.33. The van der Waals surface area contributed by atoms with Crippen molar-refractivity contribution in [3.05, 3.63) is 28.5 Å². The molecule has 0 aliphatic heterocycles. The maximum absolute atomic E-state index is 11.8. The highest BCUT2D eigenvalue weighted by Crippen LogP contribution is 2.13. The highest BCUT2D eigenvalue weighted by molar-refractivity contribution is 6.32. The molecule has 0 saturated carbocycles. The van der Waals surface area contributed by atoms with Gasteiger partial charge in [0.25, 0.3) is 5.91 Å². The van der Waals surface area contributed by atoms with Crippen molar-refractivity contribution in [3.8, 4) is 0 Å². The predicted molar refractivity (Wildman–Crippen MR) is 72.0 cm³/mol. The molecule has 1 amide bonds. The Hall–Kier alpha value is -1.13. The first kappa shape index (κ1) is 14.9. The van der Waals surface area contributed by atoms with Crippen LogP contribution >= 0.6 is 11.6 Å². The number of nitrogens with zero attached hydrogens (tertiary/aromatic N) is 1. The summed E-state index contributed by atoms with van der Waals surface area (Å²) in [6.07, 6.45) is 1.81. The lowest BCUT2D eigenvalue weighted by Crippen LogP contribution is -2.25. The van der Waals surface area contributed by atoms with Crippen LogP contribution in [-0.4, -0.2) is 30.6 Å². The van der Waals surface area contributed by atoms with E-state index >= 15 is 0 Å². The monoisotopic (exact) mass is 270 g/mol. The molecule has 0 aliphatic carbocycles. The summed E-state index contributed by atoms with van der Waals surface area (Å²) in [7, 11) is 0. The fourth-order valence-electron chi connectivity index (χ4n) is 1.41. The molecule has 4 nitrogen and oxygen atoms in total. The topological polar surface area (TPSA) is 51.2 Å². The number of nitrogens with one attached hydrogen (secondary N) is 1. The van der Waals surface area contributed by atoms with Crippen molar-refractivity contribution in [2.24, 2.45) is 0 Å². The molecule has 1 heterocycles. The number of hydrogen-bond donors (Lipinski definition) is 1. The summed E-state index contributed by atoms with van der Waals surface area (Å²) < 4.78 is 5.32. The zero-order chi connectivity index (χ0) is 13.4. The smallest absolute Gasteiger partial charge is 0.254 e. The molecule has 5 heteroatoms. The molecule has 100 valence electrons. The van der Waals surface area contributed by atoms with Gasteiger partial charge in [-0.15, -0.1) is 0 Å². The van der Waals surface area contributed by atoms with Gasteiger partial charge in [0.1, 0.15) is 5.15 Å². The molecule has 1 aromatic rings. The Kier molecular flexibility index (Phi) is 6.68. The van der Waals surface area contributed by atoms with Crippen LogP contribution in [0.15, 0.2) is 12.1 Å². The van der Waals surface area contributed by atoms with E-state index in [9.17, 15) is 4.79 Å². The van der Waals surface area contributed by atoms with Crippen molar-refractivity contribution in [2.75, 3.05) is 19.8 Å². The number of hydrogen-bond acceptors (Lipinski definition) is 3. The fraction of sp³-hybridized carbons (Fsp3) is 0.538. The summed E-state index contributed by atoms with van der Waals surface area (Å²) in [4.78, 5) is 15.8. The van der Waals surface area contributed by atoms with E-state index in [2.05, 4.69) is 17.2 Å². The minimum Gasteiger partial charge on any atom is -0.381 e. The van der Waals surface area contributed by atoms with Crippen molar-refractivity contribution in [2.45, 2.75) is 26.7 Å². The molecule has 0 radical (unpaired) electrons. The molecule has 1 aromatic heterocycles. The zero-order valence-electron chi connectivity index (χ0n) is 10.8. The first-order chi connectivity index (χ1) is 8.65. The highest BCUT2D eigenvalue weighted by Gasteiger charge is 2.10. The van der Waals surface area contributed by atoms with Crippen LogP contribution in [0.25, 0.3) is 0 Å². The Morgan fingerprint density at radius 2 is 2.22 bits per heavy atom. The largest absolute Gasteiger partial charge is 0.381 e. The molecule has 0 atom stereocenters. The van der Waals surface area contributed by atoms with Crippen LogP contribution in [0, 0.1) is 6.92 Å². The summed E-state index contributed by atoms with van der Waals surface area (Å²) in [6, 6.07) is 3.46. The van der Waals surface area contributed by atoms with Gasteiger partial charge in [0.15, 0.2) is 0 Å². The predicted octanol–water partition coefficient (Wildman–Crippen LogP) is 2.59. The van der Waals surface area contributed by atoms with Gasteiger partial charge in [-0.2, -0.15) is 0 Å². The van der Waals surface area contributed by atoms with Crippen molar-refractivity contribution in [1.82, 2.24) is 10.3 Å². The molecule has 0 aromatic carbocycles. The van der Waals surface area contributed by atoms with E-state index < -0.39 is 0 Å². The Labute approximate surface area is 113 Å². The first-order valence-corrected chi connectivity index (χ1v) is 6.52. The lowest BCUT2D eigenvalue weighted by Gasteiger charge is -2.07. The molecule has 0 fully saturated rings. The standard InChI is InChI=1S/C13H19ClN2O2/c1-3-8-18-9-4-7-15-13(17)11-6-5-10(2)16-12(11)14/h5-6H,3-4,7-9H2,1-2H3,(H,15,17). The van der Waals surface area contributed by atoms with Crippen molar-refractivity contribution in [1.29, 1.82) is 0 Å². The van der Waals surface area contributed by atoms with Gasteiger partial charge in [0, 0.05) is 25.5 Å². The number of ether oxygens (including phenoxy) is 1. The van der Waals surface area contributed by atoms with Crippen LogP contribution in [0.4, 0.5) is 0 Å². The van der Waals surface area contributed by atoms with Crippen LogP contribution in [-0.2, 0) is 4.74 Å². The maximum atomic E-state index is 11.8. The SMILES string of the molecule is CCCOCCCNC(=O)c1ccc(C)nc1Cl. The molecular formula is C13H19ClN2O2. The fourth-order valence-corrected chi connectivity index (χ4v) is 1.69. The van der Waals surface area contributed by atoms with E-state index in [0.29, 0.717) is 18.7 Å². The van der Waals surface area contributed by atoms with Gasteiger partial charge in [-0.05, 0) is 31.9 Å². The second-order valence-corrected chi connectivity index (χ2v) is 4.37. The van der Waals surface area contributed by atoms with E-state index in [-0.39, 0.29) is 11.1 Å². The molecule has 0 bridgehead atoms. The molecule has 1 N–H and O–H groups in total. The van der Waals surface area contributed by atoms with Gasteiger partial charge in [0.2, 0.25) is 0 Å². The number of aromatic nitrogens is 1. The molecular weight excluding hydrogens is 252 g/mol. The molecule has 0 aliphatic rings. The highest BCUT2D eigenvalue weighted by atomic mass is 35.5. The second-order valence-electron chi connectivity index (χ2n) is 4.01. The Bertz CT molecular complexity index is 397. The second kappa shape index (κ2) is 8.06. The Morgan fingerprint density at radius 1 is 1.44 bits per heavy atom.